The topological polar surface area (TPSA) is 12.5 Å². The molecule has 1 rings (SSSR count). The molecule has 54 valence electrons. The monoisotopic (exact) mass is 146 g/mol. The van der Waals surface area contributed by atoms with Crippen molar-refractivity contribution in [1.82, 2.24) is 0 Å². The molecule has 0 saturated carbocycles. The molecule has 1 nitrogen and oxygen atoms in total. The van der Waals surface area contributed by atoms with Gasteiger partial charge in [-0.1, -0.05) is 13.3 Å². The summed E-state index contributed by atoms with van der Waals surface area (Å²) in [6.45, 7) is 4.35. The Balaban J connectivity index is 1.83. The van der Waals surface area contributed by atoms with E-state index in [1.807, 2.05) is 11.8 Å². The summed E-state index contributed by atoms with van der Waals surface area (Å²) in [7, 11) is 0. The van der Waals surface area contributed by atoms with Crippen LogP contribution in [0.25, 0.3) is 0 Å². The highest BCUT2D eigenvalue weighted by molar-refractivity contribution is 8.00. The molecule has 1 fully saturated rings. The number of thioether (sulfide) groups is 1. The lowest BCUT2D eigenvalue weighted by Gasteiger charge is -1.91. The van der Waals surface area contributed by atoms with Crippen molar-refractivity contribution >= 4 is 11.8 Å². The van der Waals surface area contributed by atoms with Crippen LogP contribution in [-0.2, 0) is 4.74 Å². The fraction of sp³-hybridized carbons (Fsp3) is 1.00. The molecular weight excluding hydrogens is 132 g/mol. The number of hydrogen-bond acceptors (Lipinski definition) is 2. The van der Waals surface area contributed by atoms with Crippen molar-refractivity contribution in [3.8, 4) is 0 Å². The van der Waals surface area contributed by atoms with E-state index in [-0.39, 0.29) is 0 Å². The van der Waals surface area contributed by atoms with Crippen LogP contribution in [0.1, 0.15) is 26.7 Å². The third kappa shape index (κ3) is 2.59. The SMILES string of the molecule is CCCCSC1OC1C. The summed E-state index contributed by atoms with van der Waals surface area (Å²) in [5.74, 6) is 1.27. The predicted molar refractivity (Wildman–Crippen MR) is 41.7 cm³/mol. The second-order valence-electron chi connectivity index (χ2n) is 2.43. The average molecular weight is 146 g/mol. The summed E-state index contributed by atoms with van der Waals surface area (Å²) in [6, 6.07) is 0. The van der Waals surface area contributed by atoms with Gasteiger partial charge < -0.3 is 4.74 Å². The van der Waals surface area contributed by atoms with Crippen LogP contribution in [0, 0.1) is 0 Å². The van der Waals surface area contributed by atoms with Crippen LogP contribution in [0.5, 0.6) is 0 Å². The molecule has 0 spiro atoms. The van der Waals surface area contributed by atoms with Crippen molar-refractivity contribution < 1.29 is 4.74 Å². The minimum Gasteiger partial charge on any atom is -0.358 e. The van der Waals surface area contributed by atoms with E-state index >= 15 is 0 Å². The second-order valence-corrected chi connectivity index (χ2v) is 3.64. The lowest BCUT2D eigenvalue weighted by molar-refractivity contribution is 0.413. The number of rotatable bonds is 4. The van der Waals surface area contributed by atoms with Crippen molar-refractivity contribution in [3.63, 3.8) is 0 Å². The van der Waals surface area contributed by atoms with Crippen LogP contribution in [0.3, 0.4) is 0 Å². The average Bonchev–Trinajstić information content (AvgIpc) is 2.48. The zero-order valence-corrected chi connectivity index (χ0v) is 6.91. The highest BCUT2D eigenvalue weighted by atomic mass is 32.2. The Bertz CT molecular complexity index is 85.0. The Morgan fingerprint density at radius 1 is 1.56 bits per heavy atom. The molecule has 0 radical (unpaired) electrons. The Hall–Kier alpha value is 0.310. The van der Waals surface area contributed by atoms with Gasteiger partial charge in [0.2, 0.25) is 0 Å². The third-order valence-electron chi connectivity index (χ3n) is 1.44. The van der Waals surface area contributed by atoms with E-state index in [1.54, 1.807) is 0 Å². The maximum atomic E-state index is 5.23. The fourth-order valence-electron chi connectivity index (χ4n) is 0.685. The minimum atomic E-state index is 0.534. The van der Waals surface area contributed by atoms with E-state index in [2.05, 4.69) is 13.8 Å². The van der Waals surface area contributed by atoms with Crippen LogP contribution in [-0.4, -0.2) is 17.3 Å². The van der Waals surface area contributed by atoms with Gasteiger partial charge in [-0.2, -0.15) is 0 Å². The Morgan fingerprint density at radius 3 is 2.67 bits per heavy atom. The zero-order chi connectivity index (χ0) is 6.69. The van der Waals surface area contributed by atoms with Gasteiger partial charge in [-0.3, -0.25) is 0 Å². The van der Waals surface area contributed by atoms with Crippen molar-refractivity contribution in [1.29, 1.82) is 0 Å². The molecule has 1 aliphatic heterocycles. The number of ether oxygens (including phenoxy) is 1. The highest BCUT2D eigenvalue weighted by Crippen LogP contribution is 2.32. The van der Waals surface area contributed by atoms with Crippen molar-refractivity contribution in [3.05, 3.63) is 0 Å². The van der Waals surface area contributed by atoms with Gasteiger partial charge in [0.05, 0.1) is 6.10 Å². The van der Waals surface area contributed by atoms with Gasteiger partial charge >= 0.3 is 0 Å². The molecule has 1 saturated heterocycles. The van der Waals surface area contributed by atoms with Gasteiger partial charge in [0.1, 0.15) is 5.44 Å². The first kappa shape index (κ1) is 7.42. The van der Waals surface area contributed by atoms with Crippen LogP contribution in [0.2, 0.25) is 0 Å². The molecule has 9 heavy (non-hydrogen) atoms. The van der Waals surface area contributed by atoms with Crippen LogP contribution < -0.4 is 0 Å². The Kier molecular flexibility index (Phi) is 2.86. The molecule has 2 unspecified atom stereocenters. The number of unbranched alkanes of at least 4 members (excludes halogenated alkanes) is 1. The summed E-state index contributed by atoms with van der Waals surface area (Å²) >= 11 is 1.95. The first-order chi connectivity index (χ1) is 4.34. The summed E-state index contributed by atoms with van der Waals surface area (Å²) in [6.07, 6.45) is 3.16. The van der Waals surface area contributed by atoms with E-state index < -0.39 is 0 Å². The number of epoxide rings is 1. The van der Waals surface area contributed by atoms with Gasteiger partial charge in [-0.15, -0.1) is 11.8 Å². The van der Waals surface area contributed by atoms with E-state index in [0.29, 0.717) is 11.5 Å². The lowest BCUT2D eigenvalue weighted by atomic mass is 10.4. The summed E-state index contributed by atoms with van der Waals surface area (Å²) in [4.78, 5) is 0. The second kappa shape index (κ2) is 3.47. The quantitative estimate of drug-likeness (QED) is 0.445. The maximum absolute atomic E-state index is 5.23. The van der Waals surface area contributed by atoms with E-state index in [1.165, 1.54) is 18.6 Å². The van der Waals surface area contributed by atoms with Crippen molar-refractivity contribution in [2.45, 2.75) is 38.2 Å². The molecule has 2 heteroatoms. The molecule has 1 heterocycles. The third-order valence-corrected chi connectivity index (χ3v) is 2.78. The normalized spacial score (nSPS) is 32.7. The predicted octanol–water partition coefficient (Wildman–Crippen LogP) is 2.26. The maximum Gasteiger partial charge on any atom is 0.129 e. The van der Waals surface area contributed by atoms with E-state index in [4.69, 9.17) is 4.74 Å². The Labute approximate surface area is 61.2 Å². The van der Waals surface area contributed by atoms with Gasteiger partial charge in [0, 0.05) is 0 Å². The minimum absolute atomic E-state index is 0.534. The molecule has 2 atom stereocenters. The summed E-state index contributed by atoms with van der Waals surface area (Å²) in [5.41, 5.74) is 0.538. The molecule has 0 aliphatic carbocycles. The largest absolute Gasteiger partial charge is 0.358 e. The van der Waals surface area contributed by atoms with Crippen LogP contribution >= 0.6 is 11.8 Å². The standard InChI is InChI=1S/C7H14OS/c1-3-4-5-9-7-6(2)8-7/h6-7H,3-5H2,1-2H3. The molecule has 0 aromatic rings. The van der Waals surface area contributed by atoms with Gasteiger partial charge in [-0.05, 0) is 19.1 Å². The highest BCUT2D eigenvalue weighted by Gasteiger charge is 2.33. The van der Waals surface area contributed by atoms with Crippen LogP contribution in [0.4, 0.5) is 0 Å². The molecule has 0 amide bonds. The Morgan fingerprint density at radius 2 is 2.22 bits per heavy atom. The summed E-state index contributed by atoms with van der Waals surface area (Å²) in [5, 5.41) is 0. The first-order valence-corrected chi connectivity index (χ1v) is 4.66. The molecule has 0 N–H and O–H groups in total. The fourth-order valence-corrected chi connectivity index (χ4v) is 1.90. The molecule has 0 aromatic heterocycles. The van der Waals surface area contributed by atoms with Gasteiger partial charge in [-0.25, -0.2) is 0 Å². The molecule has 0 bridgehead atoms. The smallest absolute Gasteiger partial charge is 0.129 e. The van der Waals surface area contributed by atoms with Crippen LogP contribution in [0.15, 0.2) is 0 Å². The summed E-state index contributed by atoms with van der Waals surface area (Å²) < 4.78 is 5.23. The van der Waals surface area contributed by atoms with E-state index in [0.717, 1.165) is 0 Å². The molecular formula is C7H14OS. The van der Waals surface area contributed by atoms with E-state index in [9.17, 15) is 0 Å². The number of hydrogen-bond donors (Lipinski definition) is 0. The van der Waals surface area contributed by atoms with Crippen molar-refractivity contribution in [2.24, 2.45) is 0 Å². The first-order valence-electron chi connectivity index (χ1n) is 3.61. The lowest BCUT2D eigenvalue weighted by Crippen LogP contribution is -1.84. The van der Waals surface area contributed by atoms with Gasteiger partial charge in [0.15, 0.2) is 0 Å². The van der Waals surface area contributed by atoms with Gasteiger partial charge in [0.25, 0.3) is 0 Å². The van der Waals surface area contributed by atoms with Crippen molar-refractivity contribution in [2.75, 3.05) is 5.75 Å². The zero-order valence-electron chi connectivity index (χ0n) is 6.09. The molecule has 0 aromatic carbocycles. The molecule has 1 aliphatic rings.